The summed E-state index contributed by atoms with van der Waals surface area (Å²) in [5.41, 5.74) is 1.37. The second kappa shape index (κ2) is 7.86. The average molecular weight is 310 g/mol. The summed E-state index contributed by atoms with van der Waals surface area (Å²) in [6.07, 6.45) is 0. The summed E-state index contributed by atoms with van der Waals surface area (Å²) in [5.74, 6) is 0.350. The maximum Gasteiger partial charge on any atom is 0.146 e. The molecule has 0 bridgehead atoms. The third kappa shape index (κ3) is 4.62. The van der Waals surface area contributed by atoms with Gasteiger partial charge in [0.25, 0.3) is 0 Å². The Balaban J connectivity index is 1.96. The fourth-order valence-corrected chi connectivity index (χ4v) is 2.02. The fourth-order valence-electron chi connectivity index (χ4n) is 1.82. The van der Waals surface area contributed by atoms with Crippen LogP contribution in [0.4, 0.5) is 10.1 Å². The molecule has 0 heterocycles. The predicted molar refractivity (Wildman–Crippen MR) is 82.5 cm³/mol. The normalized spacial score (nSPS) is 10.4. The summed E-state index contributed by atoms with van der Waals surface area (Å²) in [5, 5.41) is 3.28. The van der Waals surface area contributed by atoms with E-state index in [9.17, 15) is 4.39 Å². The minimum absolute atomic E-state index is 0.131. The predicted octanol–water partition coefficient (Wildman–Crippen LogP) is 4.12. The monoisotopic (exact) mass is 309 g/mol. The molecule has 2 rings (SSSR count). The van der Waals surface area contributed by atoms with Crippen LogP contribution in [0.15, 0.2) is 42.5 Å². The van der Waals surface area contributed by atoms with Gasteiger partial charge in [-0.2, -0.15) is 0 Å². The Labute approximate surface area is 128 Å². The molecule has 0 saturated heterocycles. The highest BCUT2D eigenvalue weighted by molar-refractivity contribution is 6.30. The second-order valence-corrected chi connectivity index (χ2v) is 4.84. The SMILES string of the molecule is COCCOc1cccc(NCc2cccc(Cl)c2F)c1. The standard InChI is InChI=1S/C16H17ClFNO2/c1-20-8-9-21-14-6-3-5-13(10-14)19-11-12-4-2-7-15(17)16(12)18/h2-7,10,19H,8-9,11H2,1H3. The molecule has 0 aromatic heterocycles. The molecule has 3 nitrogen and oxygen atoms in total. The van der Waals surface area contributed by atoms with Crippen LogP contribution >= 0.6 is 11.6 Å². The lowest BCUT2D eigenvalue weighted by molar-refractivity contribution is 0.146. The van der Waals surface area contributed by atoms with Gasteiger partial charge in [-0.25, -0.2) is 4.39 Å². The van der Waals surface area contributed by atoms with Crippen molar-refractivity contribution in [2.24, 2.45) is 0 Å². The Morgan fingerprint density at radius 1 is 1.14 bits per heavy atom. The number of hydrogen-bond acceptors (Lipinski definition) is 3. The highest BCUT2D eigenvalue weighted by atomic mass is 35.5. The van der Waals surface area contributed by atoms with Gasteiger partial charge in [-0.3, -0.25) is 0 Å². The molecule has 2 aromatic carbocycles. The van der Waals surface area contributed by atoms with Crippen LogP contribution in [-0.4, -0.2) is 20.3 Å². The van der Waals surface area contributed by atoms with Crippen molar-refractivity contribution in [3.05, 3.63) is 58.9 Å². The van der Waals surface area contributed by atoms with E-state index >= 15 is 0 Å². The molecule has 0 fully saturated rings. The molecule has 0 unspecified atom stereocenters. The van der Waals surface area contributed by atoms with Gasteiger partial charge < -0.3 is 14.8 Å². The Kier molecular flexibility index (Phi) is 5.84. The fraction of sp³-hybridized carbons (Fsp3) is 0.250. The first kappa shape index (κ1) is 15.6. The van der Waals surface area contributed by atoms with Crippen molar-refractivity contribution in [2.75, 3.05) is 25.6 Å². The van der Waals surface area contributed by atoms with Crippen LogP contribution in [0.5, 0.6) is 5.75 Å². The van der Waals surface area contributed by atoms with Gasteiger partial charge >= 0.3 is 0 Å². The summed E-state index contributed by atoms with van der Waals surface area (Å²) in [4.78, 5) is 0. The van der Waals surface area contributed by atoms with Crippen LogP contribution in [0.1, 0.15) is 5.56 Å². The molecule has 2 aromatic rings. The van der Waals surface area contributed by atoms with Crippen LogP contribution < -0.4 is 10.1 Å². The summed E-state index contributed by atoms with van der Waals surface area (Å²) in [6.45, 7) is 1.38. The van der Waals surface area contributed by atoms with E-state index in [1.165, 1.54) is 6.07 Å². The molecular formula is C16H17ClFNO2. The summed E-state index contributed by atoms with van der Waals surface area (Å²) >= 11 is 5.76. The third-order valence-corrected chi connectivity index (χ3v) is 3.20. The van der Waals surface area contributed by atoms with Gasteiger partial charge in [0.15, 0.2) is 0 Å². The van der Waals surface area contributed by atoms with Crippen molar-refractivity contribution >= 4 is 17.3 Å². The molecule has 0 spiro atoms. The molecule has 0 atom stereocenters. The van der Waals surface area contributed by atoms with E-state index in [-0.39, 0.29) is 10.8 Å². The van der Waals surface area contributed by atoms with Gasteiger partial charge in [0.1, 0.15) is 18.2 Å². The number of benzene rings is 2. The van der Waals surface area contributed by atoms with Crippen molar-refractivity contribution in [3.63, 3.8) is 0 Å². The van der Waals surface area contributed by atoms with Gasteiger partial charge in [-0.05, 0) is 18.2 Å². The number of nitrogens with one attached hydrogen (secondary N) is 1. The molecule has 0 aliphatic rings. The number of methoxy groups -OCH3 is 1. The van der Waals surface area contributed by atoms with E-state index in [0.717, 1.165) is 11.4 Å². The molecule has 112 valence electrons. The smallest absolute Gasteiger partial charge is 0.146 e. The first-order valence-corrected chi connectivity index (χ1v) is 6.97. The van der Waals surface area contributed by atoms with Crippen molar-refractivity contribution in [3.8, 4) is 5.75 Å². The summed E-state index contributed by atoms with van der Waals surface area (Å²) in [7, 11) is 1.63. The van der Waals surface area contributed by atoms with Gasteiger partial charge in [0.05, 0.1) is 11.6 Å². The number of anilines is 1. The zero-order chi connectivity index (χ0) is 15.1. The number of rotatable bonds is 7. The van der Waals surface area contributed by atoms with Crippen molar-refractivity contribution in [2.45, 2.75) is 6.54 Å². The molecule has 0 aliphatic heterocycles. The third-order valence-electron chi connectivity index (χ3n) is 2.90. The first-order valence-electron chi connectivity index (χ1n) is 6.59. The average Bonchev–Trinajstić information content (AvgIpc) is 2.50. The van der Waals surface area contributed by atoms with E-state index in [2.05, 4.69) is 5.32 Å². The Hall–Kier alpha value is -1.78. The van der Waals surface area contributed by atoms with E-state index in [1.54, 1.807) is 19.2 Å². The zero-order valence-electron chi connectivity index (χ0n) is 11.7. The maximum atomic E-state index is 13.8. The quantitative estimate of drug-likeness (QED) is 0.781. The molecule has 5 heteroatoms. The van der Waals surface area contributed by atoms with Gasteiger partial charge in [-0.1, -0.05) is 29.8 Å². The number of halogens is 2. The minimum atomic E-state index is -0.390. The lowest BCUT2D eigenvalue weighted by atomic mass is 10.2. The molecule has 21 heavy (non-hydrogen) atoms. The minimum Gasteiger partial charge on any atom is -0.491 e. The van der Waals surface area contributed by atoms with Crippen molar-refractivity contribution in [1.82, 2.24) is 0 Å². The van der Waals surface area contributed by atoms with Crippen LogP contribution in [-0.2, 0) is 11.3 Å². The lowest BCUT2D eigenvalue weighted by Crippen LogP contribution is -2.05. The molecule has 0 aliphatic carbocycles. The van der Waals surface area contributed by atoms with E-state index in [0.29, 0.717) is 25.3 Å². The molecule has 0 saturated carbocycles. The van der Waals surface area contributed by atoms with Crippen LogP contribution in [0.2, 0.25) is 5.02 Å². The van der Waals surface area contributed by atoms with Gasteiger partial charge in [-0.15, -0.1) is 0 Å². The van der Waals surface area contributed by atoms with Crippen molar-refractivity contribution < 1.29 is 13.9 Å². The molecule has 1 N–H and O–H groups in total. The maximum absolute atomic E-state index is 13.8. The zero-order valence-corrected chi connectivity index (χ0v) is 12.5. The molecular weight excluding hydrogens is 293 g/mol. The molecule has 0 radical (unpaired) electrons. The highest BCUT2D eigenvalue weighted by Gasteiger charge is 2.06. The van der Waals surface area contributed by atoms with E-state index < -0.39 is 0 Å². The molecule has 0 amide bonds. The Morgan fingerprint density at radius 2 is 1.95 bits per heavy atom. The Morgan fingerprint density at radius 3 is 2.76 bits per heavy atom. The lowest BCUT2D eigenvalue weighted by Gasteiger charge is -2.10. The van der Waals surface area contributed by atoms with Crippen LogP contribution in [0.3, 0.4) is 0 Å². The topological polar surface area (TPSA) is 30.5 Å². The van der Waals surface area contributed by atoms with E-state index in [1.807, 2.05) is 24.3 Å². The van der Waals surface area contributed by atoms with Crippen LogP contribution in [0.25, 0.3) is 0 Å². The number of hydrogen-bond donors (Lipinski definition) is 1. The van der Waals surface area contributed by atoms with Crippen molar-refractivity contribution in [1.29, 1.82) is 0 Å². The largest absolute Gasteiger partial charge is 0.491 e. The van der Waals surface area contributed by atoms with E-state index in [4.69, 9.17) is 21.1 Å². The van der Waals surface area contributed by atoms with Crippen LogP contribution in [0, 0.1) is 5.82 Å². The first-order chi connectivity index (χ1) is 10.2. The Bertz CT molecular complexity index is 592. The summed E-state index contributed by atoms with van der Waals surface area (Å²) < 4.78 is 24.2. The van der Waals surface area contributed by atoms with Gasteiger partial charge in [0, 0.05) is 31.0 Å². The second-order valence-electron chi connectivity index (χ2n) is 4.44. The highest BCUT2D eigenvalue weighted by Crippen LogP contribution is 2.21. The van der Waals surface area contributed by atoms with Gasteiger partial charge in [0.2, 0.25) is 0 Å². The number of ether oxygens (including phenoxy) is 2. The summed E-state index contributed by atoms with van der Waals surface area (Å²) in [6, 6.07) is 12.5.